The normalized spacial score (nSPS) is 39.0. The molecule has 1 aliphatic carbocycles. The summed E-state index contributed by atoms with van der Waals surface area (Å²) in [5, 5.41) is 0. The molecule has 0 radical (unpaired) electrons. The Labute approximate surface area is 129 Å². The van der Waals surface area contributed by atoms with Crippen LogP contribution in [0.3, 0.4) is 0 Å². The second-order valence-corrected chi connectivity index (χ2v) is 6.62. The van der Waals surface area contributed by atoms with Crippen LogP contribution in [0.1, 0.15) is 32.3 Å². The van der Waals surface area contributed by atoms with Crippen molar-refractivity contribution in [2.45, 2.75) is 63.2 Å². The van der Waals surface area contributed by atoms with E-state index in [1.807, 2.05) is 44.2 Å². The van der Waals surface area contributed by atoms with E-state index in [0.717, 1.165) is 5.56 Å². The van der Waals surface area contributed by atoms with Gasteiger partial charge in [0.25, 0.3) is 0 Å². The van der Waals surface area contributed by atoms with Gasteiger partial charge in [-0.05, 0) is 25.8 Å². The molecule has 2 heterocycles. The first-order chi connectivity index (χ1) is 10.5. The van der Waals surface area contributed by atoms with Crippen molar-refractivity contribution in [2.24, 2.45) is 0 Å². The Balaban J connectivity index is 1.55. The lowest BCUT2D eigenvalue weighted by Crippen LogP contribution is -2.58. The number of ketones is 1. The zero-order valence-electron chi connectivity index (χ0n) is 12.8. The lowest BCUT2D eigenvalue weighted by Gasteiger charge is -2.41. The fraction of sp³-hybridized carbons (Fsp3) is 0.588. The first-order valence-electron chi connectivity index (χ1n) is 7.72. The summed E-state index contributed by atoms with van der Waals surface area (Å²) in [6.45, 7) is 4.12. The number of benzene rings is 1. The van der Waals surface area contributed by atoms with Crippen LogP contribution in [0, 0.1) is 0 Å². The minimum atomic E-state index is -0.874. The van der Waals surface area contributed by atoms with Crippen molar-refractivity contribution in [1.82, 2.24) is 0 Å². The minimum absolute atomic E-state index is 0.0879. The van der Waals surface area contributed by atoms with E-state index in [9.17, 15) is 4.79 Å². The Bertz CT molecular complexity index is 584. The smallest absolute Gasteiger partial charge is 0.191 e. The molecular formula is C17H20O5. The highest BCUT2D eigenvalue weighted by molar-refractivity contribution is 5.94. The lowest BCUT2D eigenvalue weighted by molar-refractivity contribution is -0.250. The van der Waals surface area contributed by atoms with Crippen molar-refractivity contribution in [3.8, 4) is 0 Å². The Hall–Kier alpha value is -1.27. The maximum absolute atomic E-state index is 12.2. The van der Waals surface area contributed by atoms with Gasteiger partial charge in [0.2, 0.25) is 0 Å². The molecule has 4 atom stereocenters. The van der Waals surface area contributed by atoms with Gasteiger partial charge in [-0.2, -0.15) is 0 Å². The molecule has 118 valence electrons. The number of rotatable bonds is 3. The topological polar surface area (TPSA) is 54.0 Å². The molecule has 0 N–H and O–H groups in total. The van der Waals surface area contributed by atoms with Gasteiger partial charge in [-0.3, -0.25) is 4.79 Å². The summed E-state index contributed by atoms with van der Waals surface area (Å²) in [5.74, 6) is -0.622. The van der Waals surface area contributed by atoms with Gasteiger partial charge < -0.3 is 18.9 Å². The first-order valence-corrected chi connectivity index (χ1v) is 7.72. The maximum atomic E-state index is 12.2. The standard InChI is InChI=1S/C17H20O5/c1-16(2)20-13-14(19-10-11-6-4-3-5-7-11)17(9-8-12(17)18)22-15(13)21-16/h3-7,13-15H,8-10H2,1-2H3/t13?,14-,15-,17+/m0/s1. The van der Waals surface area contributed by atoms with Crippen LogP contribution in [-0.2, 0) is 30.3 Å². The zero-order chi connectivity index (χ0) is 15.4. The van der Waals surface area contributed by atoms with Gasteiger partial charge in [0.05, 0.1) is 6.61 Å². The molecule has 0 bridgehead atoms. The third-order valence-electron chi connectivity index (χ3n) is 4.64. The summed E-state index contributed by atoms with van der Waals surface area (Å²) in [5.41, 5.74) is 0.187. The Morgan fingerprint density at radius 1 is 1.18 bits per heavy atom. The van der Waals surface area contributed by atoms with Gasteiger partial charge in [-0.25, -0.2) is 0 Å². The third-order valence-corrected chi connectivity index (χ3v) is 4.64. The molecule has 2 aliphatic heterocycles. The molecule has 22 heavy (non-hydrogen) atoms. The Morgan fingerprint density at radius 2 is 1.95 bits per heavy atom. The van der Waals surface area contributed by atoms with Gasteiger partial charge in [0.15, 0.2) is 23.5 Å². The number of carbonyl (C=O) groups excluding carboxylic acids is 1. The minimum Gasteiger partial charge on any atom is -0.367 e. The van der Waals surface area contributed by atoms with Crippen molar-refractivity contribution in [3.63, 3.8) is 0 Å². The first kappa shape index (κ1) is 14.3. The van der Waals surface area contributed by atoms with Gasteiger partial charge >= 0.3 is 0 Å². The highest BCUT2D eigenvalue weighted by Gasteiger charge is 2.68. The number of fused-ring (bicyclic) bond motifs is 1. The summed E-state index contributed by atoms with van der Waals surface area (Å²) in [7, 11) is 0. The van der Waals surface area contributed by atoms with Crippen LogP contribution in [0.5, 0.6) is 0 Å². The number of Topliss-reactive ketones (excluding diaryl/α,β-unsaturated/α-hetero) is 1. The third kappa shape index (κ3) is 2.12. The van der Waals surface area contributed by atoms with E-state index in [2.05, 4.69) is 0 Å². The van der Waals surface area contributed by atoms with Crippen LogP contribution in [-0.4, -0.2) is 35.7 Å². The molecule has 0 amide bonds. The molecule has 1 saturated carbocycles. The molecule has 1 spiro atoms. The lowest BCUT2D eigenvalue weighted by atomic mass is 9.74. The van der Waals surface area contributed by atoms with E-state index in [1.165, 1.54) is 0 Å². The van der Waals surface area contributed by atoms with E-state index in [1.54, 1.807) is 0 Å². The largest absolute Gasteiger partial charge is 0.367 e. The van der Waals surface area contributed by atoms with Gasteiger partial charge in [0, 0.05) is 6.42 Å². The molecular weight excluding hydrogens is 284 g/mol. The van der Waals surface area contributed by atoms with E-state index in [-0.39, 0.29) is 11.9 Å². The number of hydrogen-bond donors (Lipinski definition) is 0. The highest BCUT2D eigenvalue weighted by atomic mass is 16.8. The molecule has 3 fully saturated rings. The fourth-order valence-electron chi connectivity index (χ4n) is 3.48. The van der Waals surface area contributed by atoms with E-state index in [0.29, 0.717) is 19.4 Å². The monoisotopic (exact) mass is 304 g/mol. The average molecular weight is 304 g/mol. The van der Waals surface area contributed by atoms with Gasteiger partial charge in [-0.15, -0.1) is 0 Å². The van der Waals surface area contributed by atoms with Crippen LogP contribution in [0.15, 0.2) is 30.3 Å². The van der Waals surface area contributed by atoms with E-state index < -0.39 is 23.8 Å². The molecule has 3 aliphatic rings. The van der Waals surface area contributed by atoms with Crippen LogP contribution >= 0.6 is 0 Å². The average Bonchev–Trinajstić information content (AvgIpc) is 2.95. The molecule has 2 saturated heterocycles. The summed E-state index contributed by atoms with van der Waals surface area (Å²) in [4.78, 5) is 12.2. The van der Waals surface area contributed by atoms with Crippen molar-refractivity contribution < 1.29 is 23.7 Å². The zero-order valence-corrected chi connectivity index (χ0v) is 12.8. The van der Waals surface area contributed by atoms with Crippen molar-refractivity contribution in [1.29, 1.82) is 0 Å². The quantitative estimate of drug-likeness (QED) is 0.856. The van der Waals surface area contributed by atoms with Crippen LogP contribution in [0.25, 0.3) is 0 Å². The second kappa shape index (κ2) is 4.86. The van der Waals surface area contributed by atoms with Crippen LogP contribution in [0.4, 0.5) is 0 Å². The number of ether oxygens (including phenoxy) is 4. The molecule has 1 aromatic rings. The predicted octanol–water partition coefficient (Wildman–Crippen LogP) is 2.18. The molecule has 1 unspecified atom stereocenters. The summed E-state index contributed by atoms with van der Waals surface area (Å²) >= 11 is 0. The molecule has 0 aromatic heterocycles. The molecule has 4 rings (SSSR count). The number of hydrogen-bond acceptors (Lipinski definition) is 5. The van der Waals surface area contributed by atoms with Gasteiger partial charge in [-0.1, -0.05) is 30.3 Å². The molecule has 5 heteroatoms. The van der Waals surface area contributed by atoms with E-state index in [4.69, 9.17) is 18.9 Å². The van der Waals surface area contributed by atoms with Crippen LogP contribution < -0.4 is 0 Å². The second-order valence-electron chi connectivity index (χ2n) is 6.62. The Kier molecular flexibility index (Phi) is 3.17. The SMILES string of the molecule is CC1(C)OC2[C@@H](O1)O[C@@]1(CCC1=O)[C@H]2OCc1ccccc1. The summed E-state index contributed by atoms with van der Waals surface area (Å²) in [6, 6.07) is 9.90. The van der Waals surface area contributed by atoms with Crippen molar-refractivity contribution in [2.75, 3.05) is 0 Å². The van der Waals surface area contributed by atoms with Gasteiger partial charge in [0.1, 0.15) is 12.2 Å². The molecule has 5 nitrogen and oxygen atoms in total. The van der Waals surface area contributed by atoms with Crippen molar-refractivity contribution >= 4 is 5.78 Å². The predicted molar refractivity (Wildman–Crippen MR) is 76.9 cm³/mol. The maximum Gasteiger partial charge on any atom is 0.191 e. The molecule has 1 aromatic carbocycles. The Morgan fingerprint density at radius 3 is 2.59 bits per heavy atom. The number of carbonyl (C=O) groups is 1. The van der Waals surface area contributed by atoms with Crippen LogP contribution in [0.2, 0.25) is 0 Å². The highest BCUT2D eigenvalue weighted by Crippen LogP contribution is 2.50. The van der Waals surface area contributed by atoms with Crippen molar-refractivity contribution in [3.05, 3.63) is 35.9 Å². The van der Waals surface area contributed by atoms with E-state index >= 15 is 0 Å². The summed E-state index contributed by atoms with van der Waals surface area (Å²) in [6.07, 6.45) is -0.0943. The fourth-order valence-corrected chi connectivity index (χ4v) is 3.48. The summed E-state index contributed by atoms with van der Waals surface area (Å²) < 4.78 is 23.7.